The molecule has 0 aliphatic carbocycles. The van der Waals surface area contributed by atoms with Gasteiger partial charge >= 0.3 is 6.18 Å². The first-order chi connectivity index (χ1) is 14.3. The van der Waals surface area contributed by atoms with Crippen molar-refractivity contribution in [2.24, 2.45) is 0 Å². The molecule has 4 rings (SSSR count). The SMILES string of the molecule is Cc1n[nH]c(C)c1-c1[nH]c(C(=O)NC(c2cccc[nH+]2)C(F)(F)F)c2cccc[n+]12. The highest BCUT2D eigenvalue weighted by atomic mass is 19.4. The molecule has 30 heavy (non-hydrogen) atoms. The third kappa shape index (κ3) is 3.40. The summed E-state index contributed by atoms with van der Waals surface area (Å²) in [7, 11) is 0. The van der Waals surface area contributed by atoms with E-state index in [1.165, 1.54) is 18.3 Å². The first-order valence-electron chi connectivity index (χ1n) is 9.16. The van der Waals surface area contributed by atoms with Crippen molar-refractivity contribution >= 4 is 11.4 Å². The van der Waals surface area contributed by atoms with Gasteiger partial charge in [0.1, 0.15) is 5.56 Å². The number of carbonyl (C=O) groups is 1. The number of pyridine rings is 2. The van der Waals surface area contributed by atoms with Crippen molar-refractivity contribution in [1.29, 1.82) is 0 Å². The number of nitrogens with zero attached hydrogens (tertiary/aromatic N) is 2. The molecule has 10 heteroatoms. The van der Waals surface area contributed by atoms with E-state index in [0.717, 1.165) is 11.3 Å². The third-order valence-corrected chi connectivity index (χ3v) is 4.84. The van der Waals surface area contributed by atoms with E-state index in [9.17, 15) is 18.0 Å². The number of carbonyl (C=O) groups excluding carboxylic acids is 1. The minimum Gasteiger partial charge on any atom is -0.328 e. The van der Waals surface area contributed by atoms with Gasteiger partial charge in [0.15, 0.2) is 11.7 Å². The van der Waals surface area contributed by atoms with Crippen molar-refractivity contribution in [1.82, 2.24) is 20.5 Å². The average molecular weight is 416 g/mol. The number of aromatic nitrogens is 5. The Kier molecular flexibility index (Phi) is 4.76. The highest BCUT2D eigenvalue weighted by Crippen LogP contribution is 2.31. The van der Waals surface area contributed by atoms with E-state index < -0.39 is 18.1 Å². The van der Waals surface area contributed by atoms with Crippen LogP contribution in [0, 0.1) is 13.8 Å². The molecule has 4 heterocycles. The van der Waals surface area contributed by atoms with Gasteiger partial charge in [0.05, 0.1) is 11.9 Å². The number of nitrogens with one attached hydrogen (secondary N) is 4. The normalized spacial score (nSPS) is 12.8. The maximum absolute atomic E-state index is 13.7. The number of imidazole rings is 1. The Balaban J connectivity index is 1.79. The van der Waals surface area contributed by atoms with E-state index >= 15 is 0 Å². The van der Waals surface area contributed by atoms with Crippen molar-refractivity contribution in [3.63, 3.8) is 0 Å². The largest absolute Gasteiger partial charge is 0.418 e. The molecule has 7 nitrogen and oxygen atoms in total. The van der Waals surface area contributed by atoms with Gasteiger partial charge in [0.2, 0.25) is 17.4 Å². The van der Waals surface area contributed by atoms with Gasteiger partial charge in [-0.2, -0.15) is 22.7 Å². The molecule has 0 spiro atoms. The van der Waals surface area contributed by atoms with E-state index in [1.807, 2.05) is 6.92 Å². The molecule has 0 radical (unpaired) electrons. The van der Waals surface area contributed by atoms with Gasteiger partial charge in [-0.3, -0.25) is 9.89 Å². The van der Waals surface area contributed by atoms with Crippen LogP contribution in [0.3, 0.4) is 0 Å². The van der Waals surface area contributed by atoms with E-state index in [4.69, 9.17) is 0 Å². The maximum Gasteiger partial charge on any atom is 0.418 e. The highest BCUT2D eigenvalue weighted by Gasteiger charge is 2.46. The third-order valence-electron chi connectivity index (χ3n) is 4.84. The van der Waals surface area contributed by atoms with Crippen LogP contribution < -0.4 is 14.7 Å². The van der Waals surface area contributed by atoms with Crippen molar-refractivity contribution < 1.29 is 27.4 Å². The number of hydrogen-bond acceptors (Lipinski definition) is 2. The van der Waals surface area contributed by atoms with Gasteiger partial charge < -0.3 is 5.32 Å². The number of aryl methyl sites for hydroxylation is 2. The molecule has 0 aliphatic heterocycles. The van der Waals surface area contributed by atoms with Gasteiger partial charge in [-0.15, -0.1) is 0 Å². The number of aromatic amines is 3. The van der Waals surface area contributed by atoms with E-state index in [1.54, 1.807) is 41.8 Å². The predicted octanol–water partition coefficient (Wildman–Crippen LogP) is 2.61. The summed E-state index contributed by atoms with van der Waals surface area (Å²) in [6.45, 7) is 3.63. The fourth-order valence-corrected chi connectivity index (χ4v) is 3.47. The molecule has 0 bridgehead atoms. The van der Waals surface area contributed by atoms with Crippen molar-refractivity contribution in [3.8, 4) is 11.4 Å². The van der Waals surface area contributed by atoms with E-state index in [-0.39, 0.29) is 11.4 Å². The van der Waals surface area contributed by atoms with E-state index in [0.29, 0.717) is 17.0 Å². The molecule has 4 aromatic heterocycles. The molecule has 4 N–H and O–H groups in total. The van der Waals surface area contributed by atoms with Crippen LogP contribution in [0.2, 0.25) is 0 Å². The molecule has 0 fully saturated rings. The number of hydrogen-bond donors (Lipinski definition) is 3. The second kappa shape index (κ2) is 7.29. The Hall–Kier alpha value is -3.69. The summed E-state index contributed by atoms with van der Waals surface area (Å²) < 4.78 is 42.7. The van der Waals surface area contributed by atoms with Crippen LogP contribution in [0.15, 0.2) is 48.8 Å². The number of alkyl halides is 3. The number of amides is 1. The lowest BCUT2D eigenvalue weighted by Crippen LogP contribution is -2.41. The van der Waals surface area contributed by atoms with Gasteiger partial charge in [0.25, 0.3) is 11.7 Å². The fourth-order valence-electron chi connectivity index (χ4n) is 3.47. The first-order valence-corrected chi connectivity index (χ1v) is 9.16. The highest BCUT2D eigenvalue weighted by molar-refractivity contribution is 5.98. The summed E-state index contributed by atoms with van der Waals surface area (Å²) in [4.78, 5) is 18.5. The van der Waals surface area contributed by atoms with Crippen molar-refractivity contribution in [2.75, 3.05) is 0 Å². The smallest absolute Gasteiger partial charge is 0.328 e. The molecule has 1 atom stereocenters. The van der Waals surface area contributed by atoms with Gasteiger partial charge in [-0.05, 0) is 26.0 Å². The summed E-state index contributed by atoms with van der Waals surface area (Å²) in [5, 5.41) is 9.14. The van der Waals surface area contributed by atoms with Crippen LogP contribution >= 0.6 is 0 Å². The minimum atomic E-state index is -4.68. The van der Waals surface area contributed by atoms with Crippen LogP contribution in [0.1, 0.15) is 33.6 Å². The van der Waals surface area contributed by atoms with Gasteiger partial charge in [-0.25, -0.2) is 9.97 Å². The lowest BCUT2D eigenvalue weighted by Gasteiger charge is -2.17. The summed E-state index contributed by atoms with van der Waals surface area (Å²) >= 11 is 0. The number of fused-ring (bicyclic) bond motifs is 1. The summed E-state index contributed by atoms with van der Waals surface area (Å²) in [5.41, 5.74) is 2.53. The first kappa shape index (κ1) is 19.6. The molecule has 0 saturated carbocycles. The number of halogens is 3. The standard InChI is InChI=1S/C20H17F3N6O/c1-11-15(12(2)28-27-11)18-25-16(14-8-4-6-10-29(14)18)19(30)26-17(20(21,22)23)13-7-3-5-9-24-13/h3-10,17H,1-2H3,(H2,25,26,27,28,30)/p+2. The quantitative estimate of drug-likeness (QED) is 0.446. The molecule has 154 valence electrons. The Morgan fingerprint density at radius 2 is 1.97 bits per heavy atom. The second-order valence-electron chi connectivity index (χ2n) is 6.88. The van der Waals surface area contributed by atoms with Crippen LogP contribution in [0.4, 0.5) is 13.2 Å². The maximum atomic E-state index is 13.7. The monoisotopic (exact) mass is 416 g/mol. The zero-order valence-electron chi connectivity index (χ0n) is 16.1. The Morgan fingerprint density at radius 1 is 1.20 bits per heavy atom. The van der Waals surface area contributed by atoms with Crippen molar-refractivity contribution in [3.05, 3.63) is 71.6 Å². The fraction of sp³-hybridized carbons (Fsp3) is 0.200. The molecule has 0 aromatic carbocycles. The summed E-state index contributed by atoms with van der Waals surface area (Å²) in [5.74, 6) is -0.322. The Labute approximate surface area is 169 Å². The molecule has 0 saturated heterocycles. The lowest BCUT2D eigenvalue weighted by atomic mass is 10.1. The summed E-state index contributed by atoms with van der Waals surface area (Å²) in [6, 6.07) is 7.29. The molecular weight excluding hydrogens is 397 g/mol. The van der Waals surface area contributed by atoms with Crippen LogP contribution in [-0.4, -0.2) is 27.3 Å². The number of H-pyrrole nitrogens is 3. The summed E-state index contributed by atoms with van der Waals surface area (Å²) in [6.07, 6.45) is -1.57. The molecular formula is C20H19F3N6O+2. The minimum absolute atomic E-state index is 0.0239. The van der Waals surface area contributed by atoms with Crippen LogP contribution in [0.5, 0.6) is 0 Å². The van der Waals surface area contributed by atoms with Crippen LogP contribution in [-0.2, 0) is 0 Å². The molecule has 1 amide bonds. The molecule has 1 unspecified atom stereocenters. The number of rotatable bonds is 4. The molecule has 0 aliphatic rings. The second-order valence-corrected chi connectivity index (χ2v) is 6.88. The van der Waals surface area contributed by atoms with Crippen LogP contribution in [0.25, 0.3) is 16.9 Å². The zero-order valence-corrected chi connectivity index (χ0v) is 16.1. The Bertz CT molecular complexity index is 1190. The topological polar surface area (TPSA) is 91.8 Å². The van der Waals surface area contributed by atoms with Gasteiger partial charge in [-0.1, -0.05) is 12.1 Å². The lowest BCUT2D eigenvalue weighted by molar-refractivity contribution is -0.498. The van der Waals surface area contributed by atoms with Crippen molar-refractivity contribution in [2.45, 2.75) is 26.1 Å². The zero-order chi connectivity index (χ0) is 21.5. The molecule has 4 aromatic rings. The predicted molar refractivity (Wildman–Crippen MR) is 100 cm³/mol. The average Bonchev–Trinajstić information content (AvgIpc) is 3.25. The van der Waals surface area contributed by atoms with E-state index in [2.05, 4.69) is 25.5 Å². The van der Waals surface area contributed by atoms with Gasteiger partial charge in [0, 0.05) is 17.8 Å². The Morgan fingerprint density at radius 3 is 2.60 bits per heavy atom.